The molecule has 3 rings (SSSR count). The highest BCUT2D eigenvalue weighted by Crippen LogP contribution is 2.41. The van der Waals surface area contributed by atoms with Crippen molar-refractivity contribution in [3.63, 3.8) is 0 Å². The largest absolute Gasteiger partial charge is 0.329 e. The van der Waals surface area contributed by atoms with Gasteiger partial charge in [0, 0.05) is 18.6 Å². The quantitative estimate of drug-likeness (QED) is 0.842. The van der Waals surface area contributed by atoms with E-state index in [9.17, 15) is 0 Å². The van der Waals surface area contributed by atoms with E-state index in [4.69, 9.17) is 5.73 Å². The van der Waals surface area contributed by atoms with E-state index in [0.717, 1.165) is 18.5 Å². The Kier molecular flexibility index (Phi) is 2.93. The minimum Gasteiger partial charge on any atom is -0.329 e. The smallest absolute Gasteiger partial charge is 0.0470 e. The highest BCUT2D eigenvalue weighted by atomic mass is 15.2. The molecule has 0 aromatic heterocycles. The first-order valence-electron chi connectivity index (χ1n) is 6.81. The highest BCUT2D eigenvalue weighted by molar-refractivity contribution is 5.31. The summed E-state index contributed by atoms with van der Waals surface area (Å²) in [5.41, 5.74) is 8.90. The van der Waals surface area contributed by atoms with Crippen LogP contribution in [0.5, 0.6) is 0 Å². The average molecular weight is 230 g/mol. The van der Waals surface area contributed by atoms with Crippen LogP contribution in [0, 0.1) is 0 Å². The molecule has 1 atom stereocenters. The highest BCUT2D eigenvalue weighted by Gasteiger charge is 2.31. The van der Waals surface area contributed by atoms with Crippen molar-refractivity contribution in [1.82, 2.24) is 4.90 Å². The van der Waals surface area contributed by atoms with Gasteiger partial charge in [-0.25, -0.2) is 0 Å². The van der Waals surface area contributed by atoms with E-state index < -0.39 is 0 Å². The molecule has 2 aliphatic carbocycles. The summed E-state index contributed by atoms with van der Waals surface area (Å²) in [6.07, 6.45) is 5.43. The van der Waals surface area contributed by atoms with Gasteiger partial charge < -0.3 is 5.73 Å². The fourth-order valence-corrected chi connectivity index (χ4v) is 2.71. The number of nitrogens with zero attached hydrogens (tertiary/aromatic N) is 1. The van der Waals surface area contributed by atoms with Gasteiger partial charge in [0.15, 0.2) is 0 Å². The van der Waals surface area contributed by atoms with Gasteiger partial charge in [-0.15, -0.1) is 0 Å². The van der Waals surface area contributed by atoms with Crippen LogP contribution in [0.4, 0.5) is 0 Å². The Balaban J connectivity index is 1.81. The van der Waals surface area contributed by atoms with Crippen molar-refractivity contribution < 1.29 is 0 Å². The molecule has 2 fully saturated rings. The molecule has 92 valence electrons. The maximum Gasteiger partial charge on any atom is 0.0470 e. The summed E-state index contributed by atoms with van der Waals surface area (Å²) in [6, 6.07) is 10.3. The fourth-order valence-electron chi connectivity index (χ4n) is 2.71. The molecule has 0 aliphatic heterocycles. The molecule has 1 aromatic rings. The predicted octanol–water partition coefficient (Wildman–Crippen LogP) is 2.66. The third kappa shape index (κ3) is 2.38. The summed E-state index contributed by atoms with van der Waals surface area (Å²) in [5.74, 6) is 0.833. The van der Waals surface area contributed by atoms with Gasteiger partial charge in [0.2, 0.25) is 0 Å². The van der Waals surface area contributed by atoms with E-state index >= 15 is 0 Å². The summed E-state index contributed by atoms with van der Waals surface area (Å²) in [4.78, 5) is 2.46. The number of hydrogen-bond acceptors (Lipinski definition) is 2. The molecule has 2 N–H and O–H groups in total. The molecule has 17 heavy (non-hydrogen) atoms. The minimum atomic E-state index is 0.404. The topological polar surface area (TPSA) is 29.3 Å². The predicted molar refractivity (Wildman–Crippen MR) is 71.0 cm³/mol. The molecular weight excluding hydrogens is 208 g/mol. The Bertz CT molecular complexity index is 394. The van der Waals surface area contributed by atoms with Gasteiger partial charge in [-0.05, 0) is 49.8 Å². The van der Waals surface area contributed by atoms with Gasteiger partial charge in [0.05, 0.1) is 0 Å². The van der Waals surface area contributed by atoms with Crippen LogP contribution in [0.3, 0.4) is 0 Å². The number of benzene rings is 1. The van der Waals surface area contributed by atoms with Crippen molar-refractivity contribution in [3.05, 3.63) is 35.4 Å². The number of rotatable bonds is 5. The van der Waals surface area contributed by atoms with Crippen LogP contribution in [0.1, 0.15) is 48.8 Å². The van der Waals surface area contributed by atoms with Gasteiger partial charge >= 0.3 is 0 Å². The van der Waals surface area contributed by atoms with E-state index in [1.54, 1.807) is 0 Å². The monoisotopic (exact) mass is 230 g/mol. The molecule has 2 heteroatoms. The number of likely N-dealkylation sites (N-methyl/N-ethyl adjacent to an activating group) is 1. The molecule has 0 saturated heterocycles. The second-order valence-electron chi connectivity index (χ2n) is 5.59. The summed E-state index contributed by atoms with van der Waals surface area (Å²) < 4.78 is 0. The Labute approximate surface area is 104 Å². The lowest BCUT2D eigenvalue weighted by Crippen LogP contribution is -2.32. The van der Waals surface area contributed by atoms with Crippen molar-refractivity contribution in [2.45, 2.75) is 43.7 Å². The number of nitrogens with two attached hydrogens (primary N) is 1. The first-order valence-corrected chi connectivity index (χ1v) is 6.81. The normalized spacial score (nSPS) is 21.8. The third-order valence-corrected chi connectivity index (χ3v) is 4.18. The molecule has 0 amide bonds. The summed E-state index contributed by atoms with van der Waals surface area (Å²) in [5, 5.41) is 0. The lowest BCUT2D eigenvalue weighted by atomic mass is 10.0. The summed E-state index contributed by atoms with van der Waals surface area (Å²) >= 11 is 0. The zero-order valence-corrected chi connectivity index (χ0v) is 10.6. The average Bonchev–Trinajstić information content (AvgIpc) is 3.19. The van der Waals surface area contributed by atoms with Crippen LogP contribution in [0.15, 0.2) is 24.3 Å². The van der Waals surface area contributed by atoms with E-state index in [0.29, 0.717) is 6.04 Å². The molecule has 2 aliphatic rings. The molecule has 0 radical (unpaired) electrons. The van der Waals surface area contributed by atoms with Gasteiger partial charge in [-0.2, -0.15) is 0 Å². The van der Waals surface area contributed by atoms with Crippen LogP contribution >= 0.6 is 0 Å². The van der Waals surface area contributed by atoms with Crippen LogP contribution in [0.2, 0.25) is 0 Å². The molecule has 0 bridgehead atoms. The molecule has 0 spiro atoms. The SMILES string of the molecule is CN(C1CC1)C(CN)c1cccc(C2CC2)c1. The van der Waals surface area contributed by atoms with E-state index in [1.807, 2.05) is 0 Å². The van der Waals surface area contributed by atoms with Crippen molar-refractivity contribution in [3.8, 4) is 0 Å². The lowest BCUT2D eigenvalue weighted by molar-refractivity contribution is 0.240. The third-order valence-electron chi connectivity index (χ3n) is 4.18. The Morgan fingerprint density at radius 2 is 2.06 bits per heavy atom. The molecule has 0 heterocycles. The Hall–Kier alpha value is -0.860. The van der Waals surface area contributed by atoms with Crippen molar-refractivity contribution in [2.24, 2.45) is 5.73 Å². The van der Waals surface area contributed by atoms with Crippen molar-refractivity contribution in [2.75, 3.05) is 13.6 Å². The van der Waals surface area contributed by atoms with Crippen molar-refractivity contribution >= 4 is 0 Å². The van der Waals surface area contributed by atoms with Gasteiger partial charge in [0.25, 0.3) is 0 Å². The maximum atomic E-state index is 5.97. The van der Waals surface area contributed by atoms with Crippen LogP contribution < -0.4 is 5.73 Å². The minimum absolute atomic E-state index is 0.404. The molecular formula is C15H22N2. The summed E-state index contributed by atoms with van der Waals surface area (Å²) in [6.45, 7) is 0.723. The van der Waals surface area contributed by atoms with E-state index in [-0.39, 0.29) is 0 Å². The Morgan fingerprint density at radius 1 is 1.29 bits per heavy atom. The second kappa shape index (κ2) is 4.43. The first-order chi connectivity index (χ1) is 8.29. The number of hydrogen-bond donors (Lipinski definition) is 1. The zero-order chi connectivity index (χ0) is 11.8. The Morgan fingerprint density at radius 3 is 2.65 bits per heavy atom. The van der Waals surface area contributed by atoms with Crippen LogP contribution in [0.25, 0.3) is 0 Å². The standard InChI is InChI=1S/C15H22N2/c1-17(14-7-8-14)15(10-16)13-4-2-3-12(9-13)11-5-6-11/h2-4,9,11,14-15H,5-8,10,16H2,1H3. The lowest BCUT2D eigenvalue weighted by Gasteiger charge is -2.27. The molecule has 1 unspecified atom stereocenters. The molecule has 1 aromatic carbocycles. The van der Waals surface area contributed by atoms with Crippen LogP contribution in [-0.4, -0.2) is 24.5 Å². The molecule has 2 saturated carbocycles. The molecule has 2 nitrogen and oxygen atoms in total. The maximum absolute atomic E-state index is 5.97. The van der Waals surface area contributed by atoms with Gasteiger partial charge in [-0.3, -0.25) is 4.90 Å². The van der Waals surface area contributed by atoms with E-state index in [1.165, 1.54) is 36.8 Å². The zero-order valence-electron chi connectivity index (χ0n) is 10.6. The first kappa shape index (κ1) is 11.2. The second-order valence-corrected chi connectivity index (χ2v) is 5.59. The summed E-state index contributed by atoms with van der Waals surface area (Å²) in [7, 11) is 2.22. The van der Waals surface area contributed by atoms with Gasteiger partial charge in [0.1, 0.15) is 0 Å². The van der Waals surface area contributed by atoms with Crippen LogP contribution in [-0.2, 0) is 0 Å². The van der Waals surface area contributed by atoms with E-state index in [2.05, 4.69) is 36.2 Å². The van der Waals surface area contributed by atoms with Gasteiger partial charge in [-0.1, -0.05) is 24.3 Å². The fraction of sp³-hybridized carbons (Fsp3) is 0.600. The van der Waals surface area contributed by atoms with Crippen molar-refractivity contribution in [1.29, 1.82) is 0 Å².